The molecule has 1 aromatic carbocycles. The lowest BCUT2D eigenvalue weighted by Gasteiger charge is -2.19. The molecule has 0 atom stereocenters. The number of rotatable bonds is 5. The fourth-order valence-corrected chi connectivity index (χ4v) is 3.88. The highest BCUT2D eigenvalue weighted by molar-refractivity contribution is 7.89. The summed E-state index contributed by atoms with van der Waals surface area (Å²) in [6.45, 7) is 1.90. The average Bonchev–Trinajstić information content (AvgIpc) is 2.83. The van der Waals surface area contributed by atoms with Gasteiger partial charge in [-0.15, -0.1) is 0 Å². The maximum Gasteiger partial charge on any atom is 0.245 e. The van der Waals surface area contributed by atoms with Crippen molar-refractivity contribution in [3.63, 3.8) is 0 Å². The molecule has 0 radical (unpaired) electrons. The Labute approximate surface area is 109 Å². The minimum Gasteiger partial charge on any atom is -0.395 e. The number of hydrogen-bond acceptors (Lipinski definition) is 6. The van der Waals surface area contributed by atoms with Crippen LogP contribution in [0.1, 0.15) is 6.92 Å². The molecule has 1 aromatic heterocycles. The van der Waals surface area contributed by atoms with Gasteiger partial charge in [-0.3, -0.25) is 0 Å². The van der Waals surface area contributed by atoms with Gasteiger partial charge >= 0.3 is 0 Å². The lowest BCUT2D eigenvalue weighted by atomic mass is 10.3. The van der Waals surface area contributed by atoms with Gasteiger partial charge < -0.3 is 5.11 Å². The molecule has 1 heterocycles. The van der Waals surface area contributed by atoms with Gasteiger partial charge in [0.15, 0.2) is 0 Å². The van der Waals surface area contributed by atoms with Crippen molar-refractivity contribution in [2.45, 2.75) is 11.8 Å². The molecule has 0 bridgehead atoms. The Hall–Kier alpha value is -1.09. The molecule has 0 saturated carbocycles. The first kappa shape index (κ1) is 13.3. The molecule has 0 saturated heterocycles. The Bertz CT molecular complexity index is 639. The van der Waals surface area contributed by atoms with Crippen molar-refractivity contribution in [2.24, 2.45) is 0 Å². The highest BCUT2D eigenvalue weighted by Crippen LogP contribution is 2.23. The Balaban J connectivity index is 2.55. The molecule has 0 spiro atoms. The summed E-state index contributed by atoms with van der Waals surface area (Å²) >= 11 is 0.983. The van der Waals surface area contributed by atoms with Crippen LogP contribution in [0.2, 0.25) is 0 Å². The molecule has 1 N–H and O–H groups in total. The third-order valence-electron chi connectivity index (χ3n) is 2.57. The highest BCUT2D eigenvalue weighted by Gasteiger charge is 2.25. The van der Waals surface area contributed by atoms with E-state index >= 15 is 0 Å². The quantitative estimate of drug-likeness (QED) is 0.875. The molecule has 2 aromatic rings. The normalized spacial score (nSPS) is 12.4. The topological polar surface area (TPSA) is 83.4 Å². The van der Waals surface area contributed by atoms with Gasteiger partial charge in [0.2, 0.25) is 10.0 Å². The van der Waals surface area contributed by atoms with E-state index in [0.29, 0.717) is 17.6 Å². The maximum absolute atomic E-state index is 12.4. The molecule has 0 unspecified atom stereocenters. The second-order valence-electron chi connectivity index (χ2n) is 3.61. The number of aliphatic hydroxyl groups excluding tert-OH is 1. The summed E-state index contributed by atoms with van der Waals surface area (Å²) in [7, 11) is -3.63. The minimum atomic E-state index is -3.63. The molecule has 0 amide bonds. The highest BCUT2D eigenvalue weighted by atomic mass is 32.2. The molecular weight excluding hydrogens is 274 g/mol. The van der Waals surface area contributed by atoms with E-state index in [4.69, 9.17) is 5.11 Å². The van der Waals surface area contributed by atoms with Crippen LogP contribution in [0.3, 0.4) is 0 Å². The summed E-state index contributed by atoms with van der Waals surface area (Å²) in [4.78, 5) is 0.143. The summed E-state index contributed by atoms with van der Waals surface area (Å²) in [5.74, 6) is 0. The van der Waals surface area contributed by atoms with E-state index in [1.165, 1.54) is 10.4 Å². The van der Waals surface area contributed by atoms with E-state index in [2.05, 4.69) is 8.75 Å². The Morgan fingerprint density at radius 1 is 1.39 bits per heavy atom. The first-order valence-corrected chi connectivity index (χ1v) is 7.60. The predicted molar refractivity (Wildman–Crippen MR) is 68.9 cm³/mol. The molecule has 8 heteroatoms. The number of benzene rings is 1. The lowest BCUT2D eigenvalue weighted by Crippen LogP contribution is -2.33. The van der Waals surface area contributed by atoms with Crippen molar-refractivity contribution >= 4 is 32.8 Å². The van der Waals surface area contributed by atoms with Crippen LogP contribution >= 0.6 is 11.7 Å². The van der Waals surface area contributed by atoms with Crippen molar-refractivity contribution in [3.8, 4) is 0 Å². The van der Waals surface area contributed by atoms with Gasteiger partial charge in [-0.1, -0.05) is 13.0 Å². The van der Waals surface area contributed by atoms with Crippen LogP contribution in [0, 0.1) is 0 Å². The first-order valence-electron chi connectivity index (χ1n) is 5.43. The SMILES string of the molecule is CCN(CCO)S(=O)(=O)c1cccc2nsnc12. The second-order valence-corrected chi connectivity index (χ2v) is 6.04. The van der Waals surface area contributed by atoms with Crippen molar-refractivity contribution in [1.82, 2.24) is 13.1 Å². The van der Waals surface area contributed by atoms with Crippen LogP contribution < -0.4 is 0 Å². The van der Waals surface area contributed by atoms with Crippen LogP contribution in [0.25, 0.3) is 11.0 Å². The Morgan fingerprint density at radius 2 is 2.17 bits per heavy atom. The van der Waals surface area contributed by atoms with Gasteiger partial charge in [0, 0.05) is 13.1 Å². The molecule has 0 aliphatic heterocycles. The van der Waals surface area contributed by atoms with Crippen LogP contribution in [-0.2, 0) is 10.0 Å². The van der Waals surface area contributed by atoms with Gasteiger partial charge in [-0.25, -0.2) is 8.42 Å². The molecule has 98 valence electrons. The van der Waals surface area contributed by atoms with E-state index in [0.717, 1.165) is 11.7 Å². The zero-order valence-corrected chi connectivity index (χ0v) is 11.4. The molecule has 0 aliphatic rings. The van der Waals surface area contributed by atoms with Crippen molar-refractivity contribution in [3.05, 3.63) is 18.2 Å². The molecule has 0 aliphatic carbocycles. The summed E-state index contributed by atoms with van der Waals surface area (Å²) in [5.41, 5.74) is 0.958. The van der Waals surface area contributed by atoms with Crippen LogP contribution in [-0.4, -0.2) is 46.3 Å². The van der Waals surface area contributed by atoms with E-state index in [9.17, 15) is 8.42 Å². The van der Waals surface area contributed by atoms with Gasteiger partial charge in [0.25, 0.3) is 0 Å². The maximum atomic E-state index is 12.4. The lowest BCUT2D eigenvalue weighted by molar-refractivity contribution is 0.257. The molecular formula is C10H13N3O3S2. The standard InChI is InChI=1S/C10H13N3O3S2/c1-2-13(6-7-14)18(15,16)9-5-3-4-8-10(9)12-17-11-8/h3-5,14H,2,6-7H2,1H3. The first-order chi connectivity index (χ1) is 8.61. The van der Waals surface area contributed by atoms with Crippen molar-refractivity contribution in [2.75, 3.05) is 19.7 Å². The summed E-state index contributed by atoms with van der Waals surface area (Å²) in [6.07, 6.45) is 0. The number of nitrogens with zero attached hydrogens (tertiary/aromatic N) is 3. The summed E-state index contributed by atoms with van der Waals surface area (Å²) < 4.78 is 34.1. The molecule has 0 fully saturated rings. The van der Waals surface area contributed by atoms with E-state index in [-0.39, 0.29) is 18.0 Å². The Kier molecular flexibility index (Phi) is 3.91. The van der Waals surface area contributed by atoms with Gasteiger partial charge in [-0.05, 0) is 12.1 Å². The van der Waals surface area contributed by atoms with Gasteiger partial charge in [0.05, 0.1) is 18.3 Å². The molecule has 18 heavy (non-hydrogen) atoms. The third kappa shape index (κ3) is 2.24. The Morgan fingerprint density at radius 3 is 2.83 bits per heavy atom. The molecule has 6 nitrogen and oxygen atoms in total. The number of sulfonamides is 1. The van der Waals surface area contributed by atoms with Gasteiger partial charge in [-0.2, -0.15) is 13.1 Å². The second kappa shape index (κ2) is 5.27. The monoisotopic (exact) mass is 287 g/mol. The van der Waals surface area contributed by atoms with E-state index in [1.807, 2.05) is 0 Å². The average molecular weight is 287 g/mol. The fourth-order valence-electron chi connectivity index (χ4n) is 1.69. The zero-order chi connectivity index (χ0) is 13.2. The third-order valence-corrected chi connectivity index (χ3v) is 5.12. The fraction of sp³-hybridized carbons (Fsp3) is 0.400. The summed E-state index contributed by atoms with van der Waals surface area (Å²) in [6, 6.07) is 4.88. The number of hydrogen-bond donors (Lipinski definition) is 1. The largest absolute Gasteiger partial charge is 0.395 e. The summed E-state index contributed by atoms with van der Waals surface area (Å²) in [5, 5.41) is 8.92. The smallest absolute Gasteiger partial charge is 0.245 e. The van der Waals surface area contributed by atoms with Crippen LogP contribution in [0.5, 0.6) is 0 Å². The number of aromatic nitrogens is 2. The molecule has 2 rings (SSSR count). The van der Waals surface area contributed by atoms with Crippen LogP contribution in [0.15, 0.2) is 23.1 Å². The van der Waals surface area contributed by atoms with Crippen molar-refractivity contribution in [1.29, 1.82) is 0 Å². The van der Waals surface area contributed by atoms with E-state index in [1.54, 1.807) is 19.1 Å². The number of fused-ring (bicyclic) bond motifs is 1. The van der Waals surface area contributed by atoms with Gasteiger partial charge in [0.1, 0.15) is 15.9 Å². The van der Waals surface area contributed by atoms with Crippen LogP contribution in [0.4, 0.5) is 0 Å². The van der Waals surface area contributed by atoms with E-state index < -0.39 is 10.0 Å². The zero-order valence-electron chi connectivity index (χ0n) is 9.78. The van der Waals surface area contributed by atoms with Crippen molar-refractivity contribution < 1.29 is 13.5 Å². The minimum absolute atomic E-state index is 0.0762. The predicted octanol–water partition coefficient (Wildman–Crippen LogP) is 0.694. The number of likely N-dealkylation sites (N-methyl/N-ethyl adjacent to an activating group) is 1. The number of aliphatic hydroxyl groups is 1.